The summed E-state index contributed by atoms with van der Waals surface area (Å²) in [5.74, 6) is -0.0897. The third-order valence-electron chi connectivity index (χ3n) is 5.90. The molecule has 0 bridgehead atoms. The minimum atomic E-state index is -4.06. The summed E-state index contributed by atoms with van der Waals surface area (Å²) in [6.45, 7) is 4.18. The number of carbonyl (C=O) groups excluding carboxylic acids is 1. The quantitative estimate of drug-likeness (QED) is 0.274. The molecule has 2 unspecified atom stereocenters. The van der Waals surface area contributed by atoms with E-state index in [9.17, 15) is 22.7 Å². The zero-order chi connectivity index (χ0) is 27.7. The molecule has 0 radical (unpaired) electrons. The molecule has 2 aromatic rings. The summed E-state index contributed by atoms with van der Waals surface area (Å²) in [5, 5.41) is 2.71. The molecule has 208 valence electrons. The molecule has 4 atom stereocenters. The molecule has 0 spiro atoms. The van der Waals surface area contributed by atoms with Gasteiger partial charge < -0.3 is 25.4 Å². The van der Waals surface area contributed by atoms with Crippen molar-refractivity contribution >= 4 is 30.1 Å². The van der Waals surface area contributed by atoms with E-state index in [4.69, 9.17) is 19.7 Å². The van der Waals surface area contributed by atoms with Crippen LogP contribution in [0.1, 0.15) is 25.8 Å². The predicted molar refractivity (Wildman–Crippen MR) is 140 cm³/mol. The fraction of sp³-hybridized carbons (Fsp3) is 0.480. The number of nitrogens with two attached hydrogens (primary N) is 1. The highest BCUT2D eigenvalue weighted by Gasteiger charge is 2.36. The molecule has 1 saturated heterocycles. The van der Waals surface area contributed by atoms with Crippen LogP contribution in [0.4, 0.5) is 10.5 Å². The van der Waals surface area contributed by atoms with Crippen LogP contribution in [0.5, 0.6) is 0 Å². The van der Waals surface area contributed by atoms with E-state index in [0.717, 1.165) is 5.56 Å². The van der Waals surface area contributed by atoms with Gasteiger partial charge in [-0.25, -0.2) is 13.2 Å². The minimum absolute atomic E-state index is 0.00539. The molecule has 1 amide bonds. The molecule has 3 N–H and O–H groups in total. The van der Waals surface area contributed by atoms with E-state index in [-0.39, 0.29) is 36.9 Å². The number of hydrogen-bond acceptors (Lipinski definition) is 9. The fourth-order valence-electron chi connectivity index (χ4n) is 4.10. The van der Waals surface area contributed by atoms with Crippen molar-refractivity contribution < 1.29 is 36.7 Å². The van der Waals surface area contributed by atoms with Gasteiger partial charge in [0.2, 0.25) is 10.0 Å². The Morgan fingerprint density at radius 2 is 1.87 bits per heavy atom. The van der Waals surface area contributed by atoms with Crippen molar-refractivity contribution in [2.24, 2.45) is 5.92 Å². The molecule has 1 aliphatic heterocycles. The lowest BCUT2D eigenvalue weighted by molar-refractivity contribution is -0.190. The van der Waals surface area contributed by atoms with Gasteiger partial charge in [0.1, 0.15) is 12.2 Å². The van der Waals surface area contributed by atoms with Crippen LogP contribution in [0.15, 0.2) is 59.5 Å². The number of anilines is 1. The summed E-state index contributed by atoms with van der Waals surface area (Å²) in [6, 6.07) is 13.9. The highest BCUT2D eigenvalue weighted by Crippen LogP contribution is 2.25. The molecule has 0 aliphatic carbocycles. The standard InChI is InChI=1S/C25H34N3O8PS/c1-18(2)15-28(38(32,33)22-10-8-20(26)9-11-22)16-24(36-37(30)31)23(14-19-6-4-3-5-7-19)27-25(29)35-21-12-13-34-17-21/h3-11,18,21,23-24H,12-17,26H2,1-2H3,(H,27,29)/t21-,23?,24+/m0/s1. The molecule has 0 saturated carbocycles. The van der Waals surface area contributed by atoms with E-state index in [0.29, 0.717) is 18.7 Å². The van der Waals surface area contributed by atoms with Crippen LogP contribution in [0.3, 0.4) is 0 Å². The molecule has 2 aromatic carbocycles. The van der Waals surface area contributed by atoms with Gasteiger partial charge in [-0.3, -0.25) is 0 Å². The number of nitrogens with one attached hydrogen (secondary N) is 1. The summed E-state index contributed by atoms with van der Waals surface area (Å²) in [5.41, 5.74) is 6.91. The van der Waals surface area contributed by atoms with Gasteiger partial charge in [0.15, 0.2) is 0 Å². The monoisotopic (exact) mass is 567 g/mol. The van der Waals surface area contributed by atoms with Crippen LogP contribution in [0, 0.1) is 5.92 Å². The van der Waals surface area contributed by atoms with Gasteiger partial charge in [-0.15, -0.1) is 4.52 Å². The third-order valence-corrected chi connectivity index (χ3v) is 8.19. The van der Waals surface area contributed by atoms with Crippen LogP contribution >= 0.6 is 8.25 Å². The van der Waals surface area contributed by atoms with Crippen molar-refractivity contribution in [2.45, 2.75) is 49.8 Å². The van der Waals surface area contributed by atoms with Crippen molar-refractivity contribution in [1.82, 2.24) is 9.62 Å². The second kappa shape index (κ2) is 14.0. The molecular weight excluding hydrogens is 533 g/mol. The number of ether oxygens (including phenoxy) is 2. The Morgan fingerprint density at radius 1 is 1.18 bits per heavy atom. The molecule has 11 nitrogen and oxygen atoms in total. The second-order valence-corrected chi connectivity index (χ2v) is 12.1. The number of nitrogen functional groups attached to an aromatic ring is 1. The minimum Gasteiger partial charge on any atom is -0.566 e. The molecule has 1 aliphatic rings. The Bertz CT molecular complexity index is 1160. The summed E-state index contributed by atoms with van der Waals surface area (Å²) in [7, 11) is -7.44. The zero-order valence-electron chi connectivity index (χ0n) is 21.4. The Hall–Kier alpha value is -2.60. The van der Waals surface area contributed by atoms with Gasteiger partial charge in [0, 0.05) is 25.2 Å². The zero-order valence-corrected chi connectivity index (χ0v) is 23.1. The van der Waals surface area contributed by atoms with Crippen molar-refractivity contribution in [3.8, 4) is 0 Å². The summed E-state index contributed by atoms with van der Waals surface area (Å²) >= 11 is 0. The number of rotatable bonds is 13. The Labute approximate surface area is 224 Å². The van der Waals surface area contributed by atoms with E-state index in [1.807, 2.05) is 32.0 Å². The molecule has 1 heterocycles. The maximum atomic E-state index is 13.6. The lowest BCUT2D eigenvalue weighted by atomic mass is 10.0. The van der Waals surface area contributed by atoms with E-state index in [2.05, 4.69) is 5.32 Å². The Kier molecular flexibility index (Phi) is 11.0. The van der Waals surface area contributed by atoms with Gasteiger partial charge in [-0.05, 0) is 46.7 Å². The SMILES string of the molecule is CC(C)CN(C[C@@H](O[P+](=O)[O-])C(Cc1ccccc1)NC(=O)O[C@H]1CCOC1)S(=O)(=O)c1ccc(N)cc1. The van der Waals surface area contributed by atoms with Gasteiger partial charge >= 0.3 is 14.3 Å². The lowest BCUT2D eigenvalue weighted by Crippen LogP contribution is -2.52. The number of carbonyl (C=O) groups is 1. The second-order valence-electron chi connectivity index (χ2n) is 9.48. The van der Waals surface area contributed by atoms with Crippen molar-refractivity contribution in [3.05, 3.63) is 60.2 Å². The maximum Gasteiger partial charge on any atom is 0.488 e. The lowest BCUT2D eigenvalue weighted by Gasteiger charge is -2.31. The number of hydrogen-bond donors (Lipinski definition) is 2. The first kappa shape index (κ1) is 29.9. The summed E-state index contributed by atoms with van der Waals surface area (Å²) in [4.78, 5) is 24.5. The molecule has 3 rings (SSSR count). The molecule has 1 fully saturated rings. The maximum absolute atomic E-state index is 13.6. The smallest absolute Gasteiger partial charge is 0.488 e. The third kappa shape index (κ3) is 9.00. The molecule has 13 heteroatoms. The van der Waals surface area contributed by atoms with Crippen molar-refractivity contribution in [3.63, 3.8) is 0 Å². The van der Waals surface area contributed by atoms with Crippen molar-refractivity contribution in [1.29, 1.82) is 0 Å². The van der Waals surface area contributed by atoms with E-state index >= 15 is 0 Å². The van der Waals surface area contributed by atoms with Gasteiger partial charge in [-0.2, -0.15) is 4.31 Å². The average molecular weight is 568 g/mol. The summed E-state index contributed by atoms with van der Waals surface area (Å²) in [6.07, 6.45) is -1.72. The number of alkyl carbamates (subject to hydrolysis) is 1. The van der Waals surface area contributed by atoms with Crippen LogP contribution in [-0.2, 0) is 35.0 Å². The predicted octanol–water partition coefficient (Wildman–Crippen LogP) is 2.44. The molecule has 38 heavy (non-hydrogen) atoms. The number of nitrogens with zero attached hydrogens (tertiary/aromatic N) is 1. The van der Waals surface area contributed by atoms with Gasteiger partial charge in [0.05, 0.1) is 24.2 Å². The van der Waals surface area contributed by atoms with Gasteiger partial charge in [-0.1, -0.05) is 44.2 Å². The molecule has 0 aromatic heterocycles. The van der Waals surface area contributed by atoms with Crippen molar-refractivity contribution in [2.75, 3.05) is 32.0 Å². The summed E-state index contributed by atoms with van der Waals surface area (Å²) < 4.78 is 56.0. The first-order valence-corrected chi connectivity index (χ1v) is 14.8. The fourth-order valence-corrected chi connectivity index (χ4v) is 6.15. The van der Waals surface area contributed by atoms with E-state index in [1.54, 1.807) is 12.1 Å². The molecular formula is C25H34N3O8PS. The van der Waals surface area contributed by atoms with Crippen LogP contribution in [0.2, 0.25) is 0 Å². The Balaban J connectivity index is 1.92. The first-order valence-electron chi connectivity index (χ1n) is 12.3. The highest BCUT2D eigenvalue weighted by atomic mass is 32.2. The normalized spacial score (nSPS) is 17.8. The average Bonchev–Trinajstić information content (AvgIpc) is 3.36. The Morgan fingerprint density at radius 3 is 2.45 bits per heavy atom. The van der Waals surface area contributed by atoms with Crippen LogP contribution < -0.4 is 15.9 Å². The number of sulfonamides is 1. The topological polar surface area (TPSA) is 160 Å². The largest absolute Gasteiger partial charge is 0.566 e. The van der Waals surface area contributed by atoms with Crippen LogP contribution in [0.25, 0.3) is 0 Å². The highest BCUT2D eigenvalue weighted by molar-refractivity contribution is 7.89. The number of amides is 1. The van der Waals surface area contributed by atoms with E-state index < -0.39 is 42.6 Å². The van der Waals surface area contributed by atoms with Crippen LogP contribution in [-0.4, -0.2) is 63.4 Å². The number of benzene rings is 2. The van der Waals surface area contributed by atoms with E-state index in [1.165, 1.54) is 28.6 Å². The van der Waals surface area contributed by atoms with Gasteiger partial charge in [0.25, 0.3) is 0 Å². The first-order chi connectivity index (χ1) is 18.0.